The van der Waals surface area contributed by atoms with Gasteiger partial charge in [-0.1, -0.05) is 6.07 Å². The van der Waals surface area contributed by atoms with Gasteiger partial charge in [0, 0.05) is 25.3 Å². The maximum Gasteiger partial charge on any atom is 0.387 e. The standard InChI is InChI=1S/C23H26F2N4O3/c1-5-31-19-11-15(6-9-18(19)32-23(24)25)12-29(16-7-8-16)22(30)17-10-13(2)26-21-20(17)14(3)27-28(21)4/h6,9-11,16,23H,5,7-8,12H2,1-4H3. The van der Waals surface area contributed by atoms with Crippen LogP contribution < -0.4 is 9.47 Å². The van der Waals surface area contributed by atoms with Crippen LogP contribution in [0.5, 0.6) is 11.5 Å². The van der Waals surface area contributed by atoms with Gasteiger partial charge < -0.3 is 14.4 Å². The zero-order valence-corrected chi connectivity index (χ0v) is 18.6. The topological polar surface area (TPSA) is 69.5 Å². The summed E-state index contributed by atoms with van der Waals surface area (Å²) in [5, 5.41) is 5.19. The summed E-state index contributed by atoms with van der Waals surface area (Å²) in [7, 11) is 1.81. The molecular formula is C23H26F2N4O3. The summed E-state index contributed by atoms with van der Waals surface area (Å²) < 4.78 is 37.2. The summed E-state index contributed by atoms with van der Waals surface area (Å²) in [4.78, 5) is 20.1. The predicted molar refractivity (Wildman–Crippen MR) is 115 cm³/mol. The number of pyridine rings is 1. The third kappa shape index (κ3) is 4.37. The average molecular weight is 444 g/mol. The molecule has 2 aromatic heterocycles. The van der Waals surface area contributed by atoms with Crippen LogP contribution in [0.2, 0.25) is 0 Å². The summed E-state index contributed by atoms with van der Waals surface area (Å²) in [6.45, 7) is 3.20. The van der Waals surface area contributed by atoms with E-state index in [1.54, 1.807) is 29.8 Å². The number of carbonyl (C=O) groups excluding carboxylic acids is 1. The second-order valence-corrected chi connectivity index (χ2v) is 7.98. The van der Waals surface area contributed by atoms with Crippen LogP contribution in [0.15, 0.2) is 24.3 Å². The second kappa shape index (κ2) is 8.72. The third-order valence-electron chi connectivity index (χ3n) is 5.45. The molecule has 9 heteroatoms. The van der Waals surface area contributed by atoms with Crippen LogP contribution in [0.25, 0.3) is 11.0 Å². The lowest BCUT2D eigenvalue weighted by Gasteiger charge is -2.24. The summed E-state index contributed by atoms with van der Waals surface area (Å²) in [5.41, 5.74) is 3.52. The van der Waals surface area contributed by atoms with Crippen molar-refractivity contribution in [2.24, 2.45) is 7.05 Å². The number of rotatable bonds is 8. The molecule has 2 heterocycles. The molecule has 32 heavy (non-hydrogen) atoms. The lowest BCUT2D eigenvalue weighted by Crippen LogP contribution is -2.33. The molecule has 0 bridgehead atoms. The molecule has 7 nitrogen and oxygen atoms in total. The first-order valence-electron chi connectivity index (χ1n) is 10.6. The number of benzene rings is 1. The summed E-state index contributed by atoms with van der Waals surface area (Å²) in [6, 6.07) is 6.75. The number of fused-ring (bicyclic) bond motifs is 1. The van der Waals surface area contributed by atoms with Gasteiger partial charge in [-0.05, 0) is 57.4 Å². The van der Waals surface area contributed by atoms with Crippen molar-refractivity contribution in [2.75, 3.05) is 6.61 Å². The smallest absolute Gasteiger partial charge is 0.387 e. The Morgan fingerprint density at radius 2 is 2.00 bits per heavy atom. The van der Waals surface area contributed by atoms with Gasteiger partial charge in [0.15, 0.2) is 17.1 Å². The first kappa shape index (κ1) is 22.0. The molecule has 0 atom stereocenters. The first-order valence-corrected chi connectivity index (χ1v) is 10.6. The van der Waals surface area contributed by atoms with Crippen molar-refractivity contribution in [3.05, 3.63) is 46.8 Å². The Kier molecular flexibility index (Phi) is 5.99. The number of hydrogen-bond donors (Lipinski definition) is 0. The van der Waals surface area contributed by atoms with Gasteiger partial charge in [0.2, 0.25) is 0 Å². The lowest BCUT2D eigenvalue weighted by molar-refractivity contribution is -0.0514. The molecule has 0 unspecified atom stereocenters. The molecule has 0 radical (unpaired) electrons. The van der Waals surface area contributed by atoms with Gasteiger partial charge in [-0.25, -0.2) is 4.98 Å². The van der Waals surface area contributed by atoms with Crippen LogP contribution >= 0.6 is 0 Å². The zero-order chi connectivity index (χ0) is 23.0. The van der Waals surface area contributed by atoms with E-state index < -0.39 is 6.61 Å². The average Bonchev–Trinajstić information content (AvgIpc) is 3.53. The highest BCUT2D eigenvalue weighted by molar-refractivity contribution is 6.06. The van der Waals surface area contributed by atoms with Crippen LogP contribution in [0.1, 0.15) is 47.1 Å². The van der Waals surface area contributed by atoms with E-state index in [0.29, 0.717) is 24.4 Å². The van der Waals surface area contributed by atoms with Gasteiger partial charge in [0.25, 0.3) is 5.91 Å². The van der Waals surface area contributed by atoms with Crippen molar-refractivity contribution in [3.63, 3.8) is 0 Å². The largest absolute Gasteiger partial charge is 0.490 e. The third-order valence-corrected chi connectivity index (χ3v) is 5.45. The number of amides is 1. The maximum absolute atomic E-state index is 13.7. The molecule has 0 aliphatic heterocycles. The monoisotopic (exact) mass is 444 g/mol. The highest BCUT2D eigenvalue weighted by Crippen LogP contribution is 2.34. The number of aromatic nitrogens is 3. The molecule has 1 aliphatic rings. The molecule has 1 fully saturated rings. The molecule has 1 saturated carbocycles. The summed E-state index contributed by atoms with van der Waals surface area (Å²) >= 11 is 0. The van der Waals surface area contributed by atoms with Gasteiger partial charge in [0.05, 0.1) is 23.3 Å². The fourth-order valence-electron chi connectivity index (χ4n) is 3.96. The molecule has 3 aromatic rings. The van der Waals surface area contributed by atoms with Crippen LogP contribution in [-0.4, -0.2) is 44.8 Å². The number of nitrogens with zero attached hydrogens (tertiary/aromatic N) is 4. The number of carbonyl (C=O) groups is 1. The van der Waals surface area contributed by atoms with Crippen molar-refractivity contribution >= 4 is 16.9 Å². The first-order chi connectivity index (χ1) is 15.3. The van der Waals surface area contributed by atoms with E-state index in [-0.39, 0.29) is 23.4 Å². The Balaban J connectivity index is 1.68. The van der Waals surface area contributed by atoms with Gasteiger partial charge in [0.1, 0.15) is 0 Å². The second-order valence-electron chi connectivity index (χ2n) is 7.98. The highest BCUT2D eigenvalue weighted by Gasteiger charge is 2.34. The minimum absolute atomic E-state index is 0.0210. The quantitative estimate of drug-likeness (QED) is 0.515. The molecule has 170 valence electrons. The molecule has 1 aromatic carbocycles. The fourth-order valence-corrected chi connectivity index (χ4v) is 3.96. The summed E-state index contributed by atoms with van der Waals surface area (Å²) in [6.07, 6.45) is 1.85. The zero-order valence-electron chi connectivity index (χ0n) is 18.6. The van der Waals surface area contributed by atoms with E-state index >= 15 is 0 Å². The molecule has 0 saturated heterocycles. The number of alkyl halides is 2. The van der Waals surface area contributed by atoms with E-state index in [4.69, 9.17) is 4.74 Å². The lowest BCUT2D eigenvalue weighted by atomic mass is 10.1. The number of ether oxygens (including phenoxy) is 2. The number of hydrogen-bond acceptors (Lipinski definition) is 5. The van der Waals surface area contributed by atoms with Crippen molar-refractivity contribution < 1.29 is 23.0 Å². The molecule has 0 spiro atoms. The number of aryl methyl sites for hydroxylation is 3. The molecule has 1 amide bonds. The minimum Gasteiger partial charge on any atom is -0.490 e. The van der Waals surface area contributed by atoms with Crippen LogP contribution in [0.3, 0.4) is 0 Å². The fraction of sp³-hybridized carbons (Fsp3) is 0.435. The van der Waals surface area contributed by atoms with E-state index in [9.17, 15) is 13.6 Å². The van der Waals surface area contributed by atoms with E-state index in [1.807, 2.05) is 25.8 Å². The van der Waals surface area contributed by atoms with Crippen molar-refractivity contribution in [2.45, 2.75) is 52.8 Å². The Morgan fingerprint density at radius 3 is 2.66 bits per heavy atom. The summed E-state index contributed by atoms with van der Waals surface area (Å²) in [5.74, 6) is 0.121. The van der Waals surface area contributed by atoms with Gasteiger partial charge in [-0.2, -0.15) is 13.9 Å². The number of halogens is 2. The van der Waals surface area contributed by atoms with E-state index in [2.05, 4.69) is 14.8 Å². The normalized spacial score (nSPS) is 13.6. The Hall–Kier alpha value is -3.23. The predicted octanol–water partition coefficient (Wildman–Crippen LogP) is 4.39. The van der Waals surface area contributed by atoms with Crippen molar-refractivity contribution in [1.29, 1.82) is 0 Å². The van der Waals surface area contributed by atoms with Crippen LogP contribution in [-0.2, 0) is 13.6 Å². The van der Waals surface area contributed by atoms with Crippen molar-refractivity contribution in [3.8, 4) is 11.5 Å². The molecular weight excluding hydrogens is 418 g/mol. The van der Waals surface area contributed by atoms with Gasteiger partial charge in [-0.15, -0.1) is 0 Å². The van der Waals surface area contributed by atoms with Crippen LogP contribution in [0.4, 0.5) is 8.78 Å². The molecule has 1 aliphatic carbocycles. The van der Waals surface area contributed by atoms with E-state index in [1.165, 1.54) is 6.07 Å². The van der Waals surface area contributed by atoms with Crippen molar-refractivity contribution in [1.82, 2.24) is 19.7 Å². The van der Waals surface area contributed by atoms with Crippen LogP contribution in [0, 0.1) is 13.8 Å². The van der Waals surface area contributed by atoms with Gasteiger partial charge in [-0.3, -0.25) is 9.48 Å². The Bertz CT molecular complexity index is 1160. The van der Waals surface area contributed by atoms with E-state index in [0.717, 1.165) is 35.2 Å². The molecule has 0 N–H and O–H groups in total. The highest BCUT2D eigenvalue weighted by atomic mass is 19.3. The Labute approximate surface area is 184 Å². The maximum atomic E-state index is 13.7. The molecule has 4 rings (SSSR count). The SMILES string of the molecule is CCOc1cc(CN(C(=O)c2cc(C)nc3c2c(C)nn3C)C2CC2)ccc1OC(F)F. The minimum atomic E-state index is -2.94. The Morgan fingerprint density at radius 1 is 1.25 bits per heavy atom. The van der Waals surface area contributed by atoms with Gasteiger partial charge >= 0.3 is 6.61 Å².